The van der Waals surface area contributed by atoms with Crippen molar-refractivity contribution >= 4 is 5.91 Å². The second kappa shape index (κ2) is 7.13. The van der Waals surface area contributed by atoms with E-state index in [9.17, 15) is 4.79 Å². The Morgan fingerprint density at radius 2 is 1.91 bits per heavy atom. The summed E-state index contributed by atoms with van der Waals surface area (Å²) in [6.07, 6.45) is 3.45. The van der Waals surface area contributed by atoms with Crippen molar-refractivity contribution in [2.75, 3.05) is 14.2 Å². The van der Waals surface area contributed by atoms with E-state index in [1.54, 1.807) is 26.6 Å². The predicted molar refractivity (Wildman–Crippen MR) is 88.7 cm³/mol. The quantitative estimate of drug-likeness (QED) is 0.890. The van der Waals surface area contributed by atoms with Crippen LogP contribution in [0.3, 0.4) is 0 Å². The van der Waals surface area contributed by atoms with Crippen LogP contribution in [0.2, 0.25) is 0 Å². The number of nitrogens with zero attached hydrogens (tertiary/aromatic N) is 1. The van der Waals surface area contributed by atoms with Crippen molar-refractivity contribution in [2.24, 2.45) is 0 Å². The van der Waals surface area contributed by atoms with Crippen molar-refractivity contribution in [1.29, 1.82) is 0 Å². The Morgan fingerprint density at radius 1 is 1.17 bits per heavy atom. The molecular weight excluding hydrogens is 292 g/mol. The molecule has 5 heteroatoms. The molecule has 0 fully saturated rings. The number of benzene rings is 1. The Labute approximate surface area is 136 Å². The molecule has 0 atom stereocenters. The summed E-state index contributed by atoms with van der Waals surface area (Å²) in [4.78, 5) is 16.6. The van der Waals surface area contributed by atoms with Crippen molar-refractivity contribution in [1.82, 2.24) is 10.3 Å². The van der Waals surface area contributed by atoms with Gasteiger partial charge in [-0.15, -0.1) is 0 Å². The minimum absolute atomic E-state index is 0.0615. The number of rotatable bonds is 6. The summed E-state index contributed by atoms with van der Waals surface area (Å²) in [5, 5.41) is 2.95. The fourth-order valence-electron chi connectivity index (χ4n) is 2.26. The van der Waals surface area contributed by atoms with Crippen LogP contribution in [0, 0.1) is 0 Å². The molecule has 23 heavy (non-hydrogen) atoms. The third kappa shape index (κ3) is 3.80. The highest BCUT2D eigenvalue weighted by molar-refractivity contribution is 5.87. The lowest BCUT2D eigenvalue weighted by Gasteiger charge is -2.25. The molecule has 0 aliphatic rings. The topological polar surface area (TPSA) is 60.5 Å². The zero-order valence-corrected chi connectivity index (χ0v) is 13.9. The van der Waals surface area contributed by atoms with Gasteiger partial charge in [0.2, 0.25) is 5.91 Å². The third-order valence-electron chi connectivity index (χ3n) is 3.85. The van der Waals surface area contributed by atoms with Crippen molar-refractivity contribution in [3.8, 4) is 11.5 Å². The van der Waals surface area contributed by atoms with Crippen LogP contribution in [0.4, 0.5) is 0 Å². The molecule has 0 saturated carbocycles. The fraction of sp³-hybridized carbons (Fsp3) is 0.333. The van der Waals surface area contributed by atoms with Gasteiger partial charge in [-0.25, -0.2) is 0 Å². The second-order valence-electron chi connectivity index (χ2n) is 5.74. The van der Waals surface area contributed by atoms with Gasteiger partial charge in [0.15, 0.2) is 11.5 Å². The molecule has 0 unspecified atom stereocenters. The molecule has 2 rings (SSSR count). The lowest BCUT2D eigenvalue weighted by Crippen LogP contribution is -2.39. The molecule has 2 aromatic rings. The van der Waals surface area contributed by atoms with Gasteiger partial charge in [0, 0.05) is 18.9 Å². The number of hydrogen-bond acceptors (Lipinski definition) is 4. The molecule has 122 valence electrons. The van der Waals surface area contributed by atoms with Gasteiger partial charge in [-0.2, -0.15) is 0 Å². The summed E-state index contributed by atoms with van der Waals surface area (Å²) in [5.74, 6) is 1.19. The smallest absolute Gasteiger partial charge is 0.230 e. The number of hydrogen-bond donors (Lipinski definition) is 1. The lowest BCUT2D eigenvalue weighted by molar-refractivity contribution is -0.125. The van der Waals surface area contributed by atoms with E-state index in [2.05, 4.69) is 10.3 Å². The van der Waals surface area contributed by atoms with Crippen LogP contribution >= 0.6 is 0 Å². The van der Waals surface area contributed by atoms with Gasteiger partial charge >= 0.3 is 0 Å². The molecule has 5 nitrogen and oxygen atoms in total. The van der Waals surface area contributed by atoms with E-state index in [-0.39, 0.29) is 5.91 Å². The van der Waals surface area contributed by atoms with Gasteiger partial charge in [-0.3, -0.25) is 9.78 Å². The van der Waals surface area contributed by atoms with E-state index in [1.807, 2.05) is 44.2 Å². The summed E-state index contributed by atoms with van der Waals surface area (Å²) < 4.78 is 10.6. The van der Waals surface area contributed by atoms with Crippen LogP contribution in [-0.2, 0) is 16.8 Å². The first-order valence-corrected chi connectivity index (χ1v) is 7.38. The minimum atomic E-state index is -0.693. The molecule has 1 N–H and O–H groups in total. The number of nitrogens with one attached hydrogen (secondary N) is 1. The first kappa shape index (κ1) is 16.8. The summed E-state index contributed by atoms with van der Waals surface area (Å²) in [6.45, 7) is 4.21. The highest BCUT2D eigenvalue weighted by Gasteiger charge is 2.30. The van der Waals surface area contributed by atoms with Crippen molar-refractivity contribution in [2.45, 2.75) is 25.8 Å². The van der Waals surface area contributed by atoms with Gasteiger partial charge in [-0.1, -0.05) is 12.1 Å². The molecule has 1 aromatic heterocycles. The van der Waals surface area contributed by atoms with Crippen LogP contribution in [0.5, 0.6) is 11.5 Å². The van der Waals surface area contributed by atoms with Gasteiger partial charge in [0.05, 0.1) is 19.6 Å². The van der Waals surface area contributed by atoms with E-state index in [4.69, 9.17) is 9.47 Å². The molecule has 0 bridgehead atoms. The zero-order valence-electron chi connectivity index (χ0n) is 13.9. The Kier molecular flexibility index (Phi) is 5.21. The van der Waals surface area contributed by atoms with Crippen molar-refractivity contribution in [3.63, 3.8) is 0 Å². The average Bonchev–Trinajstić information content (AvgIpc) is 2.59. The SMILES string of the molecule is COc1ccc(C(C)(C)C(=O)NCc2cccnc2)cc1OC. The van der Waals surface area contributed by atoms with E-state index < -0.39 is 5.41 Å². The molecule has 0 aliphatic carbocycles. The van der Waals surface area contributed by atoms with Crippen molar-refractivity contribution in [3.05, 3.63) is 53.9 Å². The Morgan fingerprint density at radius 3 is 2.52 bits per heavy atom. The van der Waals surface area contributed by atoms with Crippen LogP contribution in [0.15, 0.2) is 42.7 Å². The third-order valence-corrected chi connectivity index (χ3v) is 3.85. The Balaban J connectivity index is 2.15. The van der Waals surface area contributed by atoms with Gasteiger partial charge in [-0.05, 0) is 43.2 Å². The van der Waals surface area contributed by atoms with Gasteiger partial charge in [0.1, 0.15) is 0 Å². The first-order chi connectivity index (χ1) is 11.0. The minimum Gasteiger partial charge on any atom is -0.493 e. The van der Waals surface area contributed by atoms with Crippen LogP contribution in [0.1, 0.15) is 25.0 Å². The number of ether oxygens (including phenoxy) is 2. The highest BCUT2D eigenvalue weighted by Crippen LogP contribution is 2.33. The number of aromatic nitrogens is 1. The molecule has 0 aliphatic heterocycles. The van der Waals surface area contributed by atoms with E-state index in [1.165, 1.54) is 0 Å². The maximum atomic E-state index is 12.6. The summed E-state index contributed by atoms with van der Waals surface area (Å²) in [6, 6.07) is 9.30. The van der Waals surface area contributed by atoms with Crippen LogP contribution in [-0.4, -0.2) is 25.1 Å². The molecule has 1 heterocycles. The van der Waals surface area contributed by atoms with E-state index >= 15 is 0 Å². The molecule has 0 saturated heterocycles. The predicted octanol–water partition coefficient (Wildman–Crippen LogP) is 2.69. The normalized spacial score (nSPS) is 11.0. The summed E-state index contributed by atoms with van der Waals surface area (Å²) >= 11 is 0. The standard InChI is InChI=1S/C18H22N2O3/c1-18(2,14-7-8-15(22-3)16(10-14)23-4)17(21)20-12-13-6-5-9-19-11-13/h5-11H,12H2,1-4H3,(H,20,21). The summed E-state index contributed by atoms with van der Waals surface area (Å²) in [7, 11) is 3.17. The molecular formula is C18H22N2O3. The Hall–Kier alpha value is -2.56. The van der Waals surface area contributed by atoms with Crippen LogP contribution in [0.25, 0.3) is 0 Å². The van der Waals surface area contributed by atoms with Crippen molar-refractivity contribution < 1.29 is 14.3 Å². The maximum absolute atomic E-state index is 12.6. The van der Waals surface area contributed by atoms with Gasteiger partial charge in [0.25, 0.3) is 0 Å². The fourth-order valence-corrected chi connectivity index (χ4v) is 2.26. The molecule has 0 spiro atoms. The number of amides is 1. The van der Waals surface area contributed by atoms with Crippen LogP contribution < -0.4 is 14.8 Å². The zero-order chi connectivity index (χ0) is 16.9. The second-order valence-corrected chi connectivity index (χ2v) is 5.74. The average molecular weight is 314 g/mol. The number of carbonyl (C=O) groups is 1. The van der Waals surface area contributed by atoms with E-state index in [0.717, 1.165) is 11.1 Å². The highest BCUT2D eigenvalue weighted by atomic mass is 16.5. The monoisotopic (exact) mass is 314 g/mol. The molecule has 1 amide bonds. The summed E-state index contributed by atoms with van der Waals surface area (Å²) in [5.41, 5.74) is 1.13. The maximum Gasteiger partial charge on any atom is 0.230 e. The Bertz CT molecular complexity index is 669. The lowest BCUT2D eigenvalue weighted by atomic mass is 9.83. The molecule has 0 radical (unpaired) electrons. The first-order valence-electron chi connectivity index (χ1n) is 7.38. The van der Waals surface area contributed by atoms with Gasteiger partial charge < -0.3 is 14.8 Å². The number of carbonyl (C=O) groups excluding carboxylic acids is 1. The van der Waals surface area contributed by atoms with E-state index in [0.29, 0.717) is 18.0 Å². The molecule has 1 aromatic carbocycles. The number of pyridine rings is 1. The largest absolute Gasteiger partial charge is 0.493 e. The number of methoxy groups -OCH3 is 2.